The summed E-state index contributed by atoms with van der Waals surface area (Å²) in [6.45, 7) is 4.34. The summed E-state index contributed by atoms with van der Waals surface area (Å²) >= 11 is 0. The average Bonchev–Trinajstić information content (AvgIpc) is 2.50. The Bertz CT molecular complexity index is 386. The molecule has 0 N–H and O–H groups in total. The van der Waals surface area contributed by atoms with Crippen molar-refractivity contribution < 1.29 is 14.0 Å². The molecule has 1 saturated heterocycles. The molecule has 1 fully saturated rings. The van der Waals surface area contributed by atoms with Crippen LogP contribution in [0.15, 0.2) is 49.2 Å². The van der Waals surface area contributed by atoms with E-state index in [1.807, 2.05) is 30.3 Å². The number of hydrogen-bond donors (Lipinski definition) is 0. The summed E-state index contributed by atoms with van der Waals surface area (Å²) in [7, 11) is 0.00849. The van der Waals surface area contributed by atoms with Gasteiger partial charge in [0.05, 0.1) is 6.26 Å². The molecule has 0 aliphatic carbocycles. The summed E-state index contributed by atoms with van der Waals surface area (Å²) in [5.74, 6) is -0.452. The van der Waals surface area contributed by atoms with E-state index in [1.165, 1.54) is 25.1 Å². The highest BCUT2D eigenvalue weighted by atomic mass is 28.2. The van der Waals surface area contributed by atoms with Crippen LogP contribution in [0.25, 0.3) is 6.08 Å². The van der Waals surface area contributed by atoms with E-state index in [2.05, 4.69) is 11.3 Å². The van der Waals surface area contributed by atoms with Crippen LogP contribution in [-0.2, 0) is 14.0 Å². The molecule has 0 amide bonds. The lowest BCUT2D eigenvalue weighted by atomic mass is 10.2. The molecular weight excluding hydrogens is 256 g/mol. The van der Waals surface area contributed by atoms with E-state index < -0.39 is 5.97 Å². The van der Waals surface area contributed by atoms with Crippen molar-refractivity contribution in [3.63, 3.8) is 0 Å². The fourth-order valence-electron chi connectivity index (χ4n) is 1.48. The Morgan fingerprint density at radius 2 is 2.11 bits per heavy atom. The number of carbonyl (C=O) groups is 1. The second kappa shape index (κ2) is 10.3. The average molecular weight is 276 g/mol. The number of esters is 1. The van der Waals surface area contributed by atoms with Gasteiger partial charge in [0, 0.05) is 12.7 Å². The van der Waals surface area contributed by atoms with Crippen LogP contribution in [0, 0.1) is 0 Å². The van der Waals surface area contributed by atoms with Crippen molar-refractivity contribution in [2.45, 2.75) is 18.9 Å². The molecule has 1 aromatic rings. The van der Waals surface area contributed by atoms with Crippen LogP contribution in [-0.4, -0.2) is 22.3 Å². The minimum Gasteiger partial charge on any atom is -0.431 e. The van der Waals surface area contributed by atoms with E-state index in [0.29, 0.717) is 0 Å². The van der Waals surface area contributed by atoms with Gasteiger partial charge in [-0.2, -0.15) is 0 Å². The highest BCUT2D eigenvalue weighted by Gasteiger charge is 1.96. The lowest BCUT2D eigenvalue weighted by Gasteiger charge is -2.07. The molecule has 1 heterocycles. The van der Waals surface area contributed by atoms with Gasteiger partial charge in [0.1, 0.15) is 0 Å². The molecule has 0 unspecified atom stereocenters. The summed E-state index contributed by atoms with van der Waals surface area (Å²) in [6.07, 6.45) is 6.93. The quantitative estimate of drug-likeness (QED) is 0.368. The van der Waals surface area contributed by atoms with E-state index in [-0.39, 0.29) is 9.76 Å². The van der Waals surface area contributed by atoms with Gasteiger partial charge in [-0.15, -0.1) is 0 Å². The molecule has 19 heavy (non-hydrogen) atoms. The fourth-order valence-corrected chi connectivity index (χ4v) is 2.65. The minimum absolute atomic E-state index is 0.00849. The number of ether oxygens (including phenoxy) is 1. The van der Waals surface area contributed by atoms with E-state index >= 15 is 0 Å². The zero-order chi connectivity index (χ0) is 13.8. The van der Waals surface area contributed by atoms with Gasteiger partial charge in [0.25, 0.3) is 0 Å². The molecule has 0 radical (unpaired) electrons. The summed E-state index contributed by atoms with van der Waals surface area (Å²) in [5, 5.41) is 0. The Hall–Kier alpha value is -1.65. The molecule has 0 atom stereocenters. The Balaban J connectivity index is 0.000000250. The molecule has 0 bridgehead atoms. The first-order valence-corrected chi connectivity index (χ1v) is 8.03. The van der Waals surface area contributed by atoms with Crippen LogP contribution in [0.4, 0.5) is 0 Å². The van der Waals surface area contributed by atoms with Crippen LogP contribution in [0.3, 0.4) is 0 Å². The van der Waals surface area contributed by atoms with Crippen molar-refractivity contribution in [1.82, 2.24) is 0 Å². The monoisotopic (exact) mass is 276 g/mol. The van der Waals surface area contributed by atoms with Crippen LogP contribution in [0.1, 0.15) is 18.4 Å². The van der Waals surface area contributed by atoms with Gasteiger partial charge in [-0.3, -0.25) is 0 Å². The van der Waals surface area contributed by atoms with Crippen molar-refractivity contribution in [3.05, 3.63) is 54.8 Å². The number of hydrogen-bond acceptors (Lipinski definition) is 3. The van der Waals surface area contributed by atoms with E-state index in [4.69, 9.17) is 4.43 Å². The second-order valence-corrected chi connectivity index (χ2v) is 5.55. The van der Waals surface area contributed by atoms with E-state index in [9.17, 15) is 4.79 Å². The number of rotatable bonds is 3. The SMILES string of the molecule is C1CC[SiH2]OC1.C=CC(=O)OC=Cc1ccccc1. The molecule has 1 aliphatic heterocycles. The van der Waals surface area contributed by atoms with Crippen molar-refractivity contribution in [3.8, 4) is 0 Å². The molecule has 0 spiro atoms. The van der Waals surface area contributed by atoms with Gasteiger partial charge in [-0.1, -0.05) is 43.3 Å². The Morgan fingerprint density at radius 3 is 2.58 bits per heavy atom. The highest BCUT2D eigenvalue weighted by Crippen LogP contribution is 2.01. The van der Waals surface area contributed by atoms with Gasteiger partial charge < -0.3 is 9.16 Å². The third-order valence-corrected chi connectivity index (χ3v) is 3.85. The maximum Gasteiger partial charge on any atom is 0.334 e. The van der Waals surface area contributed by atoms with E-state index in [1.54, 1.807) is 6.08 Å². The first-order valence-electron chi connectivity index (χ1n) is 6.45. The Labute approximate surface area is 116 Å². The molecular formula is C15H20O3Si. The third kappa shape index (κ3) is 8.13. The number of benzene rings is 1. The van der Waals surface area contributed by atoms with Gasteiger partial charge in [-0.25, -0.2) is 4.79 Å². The maximum absolute atomic E-state index is 10.6. The molecule has 0 saturated carbocycles. The van der Waals surface area contributed by atoms with Crippen LogP contribution in [0.5, 0.6) is 0 Å². The number of carbonyl (C=O) groups excluding carboxylic acids is 1. The molecule has 4 heteroatoms. The van der Waals surface area contributed by atoms with Gasteiger partial charge >= 0.3 is 5.97 Å². The van der Waals surface area contributed by atoms with Crippen LogP contribution in [0.2, 0.25) is 6.04 Å². The molecule has 0 aromatic heterocycles. The molecule has 102 valence electrons. The van der Waals surface area contributed by atoms with Gasteiger partial charge in [0.2, 0.25) is 0 Å². The Morgan fingerprint density at radius 1 is 1.32 bits per heavy atom. The van der Waals surface area contributed by atoms with Crippen molar-refractivity contribution >= 4 is 21.8 Å². The minimum atomic E-state index is -0.452. The van der Waals surface area contributed by atoms with Gasteiger partial charge in [0.15, 0.2) is 9.76 Å². The highest BCUT2D eigenvalue weighted by molar-refractivity contribution is 6.27. The van der Waals surface area contributed by atoms with Crippen LogP contribution >= 0.6 is 0 Å². The summed E-state index contributed by atoms with van der Waals surface area (Å²) in [5.41, 5.74) is 0.986. The standard InChI is InChI=1S/C11H10O2.C4H10OSi/c1-2-11(12)13-9-8-10-6-4-3-5-7-10;1-2-4-6-5-3-1/h2-9H,1H2;1-4,6H2. The third-order valence-electron chi connectivity index (χ3n) is 2.49. The first-order chi connectivity index (χ1) is 9.33. The van der Waals surface area contributed by atoms with E-state index in [0.717, 1.165) is 18.2 Å². The van der Waals surface area contributed by atoms with Crippen LogP contribution < -0.4 is 0 Å². The molecule has 1 aliphatic rings. The maximum atomic E-state index is 10.6. The smallest absolute Gasteiger partial charge is 0.334 e. The van der Waals surface area contributed by atoms with Crippen molar-refractivity contribution in [2.75, 3.05) is 6.61 Å². The Kier molecular flexibility index (Phi) is 8.34. The first kappa shape index (κ1) is 15.4. The lowest BCUT2D eigenvalue weighted by Crippen LogP contribution is -2.06. The summed E-state index contributed by atoms with van der Waals surface area (Å²) in [6, 6.07) is 11.0. The predicted octanol–water partition coefficient (Wildman–Crippen LogP) is 2.69. The zero-order valence-corrected chi connectivity index (χ0v) is 12.5. The second-order valence-electron chi connectivity index (χ2n) is 4.03. The van der Waals surface area contributed by atoms with Crippen molar-refractivity contribution in [2.24, 2.45) is 0 Å². The normalized spacial score (nSPS) is 15.6. The summed E-state index contributed by atoms with van der Waals surface area (Å²) in [4.78, 5) is 10.6. The predicted molar refractivity (Wildman–Crippen MR) is 80.3 cm³/mol. The molecule has 1 aromatic carbocycles. The topological polar surface area (TPSA) is 35.5 Å². The molecule has 2 rings (SSSR count). The largest absolute Gasteiger partial charge is 0.431 e. The lowest BCUT2D eigenvalue weighted by molar-refractivity contribution is -0.132. The van der Waals surface area contributed by atoms with Crippen molar-refractivity contribution in [1.29, 1.82) is 0 Å². The zero-order valence-electron chi connectivity index (χ0n) is 11.1. The van der Waals surface area contributed by atoms with Gasteiger partial charge in [-0.05, 0) is 24.1 Å². The molecule has 3 nitrogen and oxygen atoms in total. The summed E-state index contributed by atoms with van der Waals surface area (Å²) < 4.78 is 9.87. The fraction of sp³-hybridized carbons (Fsp3) is 0.267.